The van der Waals surface area contributed by atoms with Gasteiger partial charge in [0.2, 0.25) is 11.8 Å². The van der Waals surface area contributed by atoms with Crippen LogP contribution in [0.3, 0.4) is 0 Å². The summed E-state index contributed by atoms with van der Waals surface area (Å²) in [6.07, 6.45) is 1.74. The van der Waals surface area contributed by atoms with E-state index in [1.54, 1.807) is 11.3 Å². The highest BCUT2D eigenvalue weighted by Gasteiger charge is 2.49. The van der Waals surface area contributed by atoms with Crippen molar-refractivity contribution in [1.29, 1.82) is 0 Å². The lowest BCUT2D eigenvalue weighted by Crippen LogP contribution is -2.64. The first-order chi connectivity index (χ1) is 11.6. The Kier molecular flexibility index (Phi) is 4.10. The minimum Gasteiger partial charge on any atom is -0.381 e. The van der Waals surface area contributed by atoms with Crippen LogP contribution in [0.25, 0.3) is 0 Å². The van der Waals surface area contributed by atoms with E-state index >= 15 is 0 Å². The minimum atomic E-state index is -0.134. The number of likely N-dealkylation sites (tertiary alicyclic amines) is 1. The second-order valence-electron chi connectivity index (χ2n) is 7.11. The standard InChI is InChI=1S/C17H23N3O3S/c1-18-8-15(21)20(14-3-7-24-10-14)12-17(18)4-5-19(11-17)16(22)13-2-6-23-9-13/h3,7,10,13H,2,4-6,8-9,11-12H2,1H3. The first-order valence-corrected chi connectivity index (χ1v) is 9.44. The molecule has 0 aliphatic carbocycles. The van der Waals surface area contributed by atoms with Gasteiger partial charge < -0.3 is 14.5 Å². The fourth-order valence-corrected chi connectivity index (χ4v) is 4.72. The van der Waals surface area contributed by atoms with Gasteiger partial charge in [-0.2, -0.15) is 11.3 Å². The van der Waals surface area contributed by atoms with Crippen LogP contribution in [0, 0.1) is 5.92 Å². The van der Waals surface area contributed by atoms with Crippen LogP contribution in [0.2, 0.25) is 0 Å². The molecular formula is C17H23N3O3S. The summed E-state index contributed by atoms with van der Waals surface area (Å²) in [4.78, 5) is 31.2. The molecule has 0 aromatic carbocycles. The second-order valence-corrected chi connectivity index (χ2v) is 7.89. The molecule has 0 N–H and O–H groups in total. The van der Waals surface area contributed by atoms with Crippen LogP contribution in [0.4, 0.5) is 5.69 Å². The number of thiophene rings is 1. The van der Waals surface area contributed by atoms with Crippen LogP contribution in [0.15, 0.2) is 16.8 Å². The average molecular weight is 349 g/mol. The lowest BCUT2D eigenvalue weighted by molar-refractivity contribution is -0.135. The highest BCUT2D eigenvalue weighted by molar-refractivity contribution is 7.08. The van der Waals surface area contributed by atoms with Crippen LogP contribution in [-0.4, -0.2) is 73.6 Å². The predicted molar refractivity (Wildman–Crippen MR) is 92.2 cm³/mol. The summed E-state index contributed by atoms with van der Waals surface area (Å²) in [5.74, 6) is 0.371. The Labute approximate surface area is 146 Å². The van der Waals surface area contributed by atoms with Crippen molar-refractivity contribution in [2.75, 3.05) is 51.3 Å². The number of anilines is 1. The van der Waals surface area contributed by atoms with Gasteiger partial charge in [0.1, 0.15) is 0 Å². The van der Waals surface area contributed by atoms with Crippen molar-refractivity contribution >= 4 is 28.8 Å². The summed E-state index contributed by atoms with van der Waals surface area (Å²) >= 11 is 1.60. The van der Waals surface area contributed by atoms with Crippen molar-refractivity contribution in [3.05, 3.63) is 16.8 Å². The van der Waals surface area contributed by atoms with Gasteiger partial charge >= 0.3 is 0 Å². The molecule has 1 aromatic heterocycles. The van der Waals surface area contributed by atoms with Crippen molar-refractivity contribution in [1.82, 2.24) is 9.80 Å². The van der Waals surface area contributed by atoms with Crippen molar-refractivity contribution in [2.24, 2.45) is 5.92 Å². The van der Waals surface area contributed by atoms with E-state index in [2.05, 4.69) is 4.90 Å². The first-order valence-electron chi connectivity index (χ1n) is 8.49. The van der Waals surface area contributed by atoms with Gasteiger partial charge in [-0.25, -0.2) is 0 Å². The molecule has 4 rings (SSSR count). The number of amides is 2. The molecule has 0 saturated carbocycles. The molecule has 1 aromatic rings. The van der Waals surface area contributed by atoms with Crippen molar-refractivity contribution < 1.29 is 14.3 Å². The molecule has 130 valence electrons. The smallest absolute Gasteiger partial charge is 0.241 e. The number of rotatable bonds is 2. The predicted octanol–water partition coefficient (Wildman–Crippen LogP) is 1.03. The summed E-state index contributed by atoms with van der Waals surface area (Å²) in [7, 11) is 2.01. The van der Waals surface area contributed by atoms with Crippen LogP contribution < -0.4 is 4.90 Å². The third kappa shape index (κ3) is 2.64. The van der Waals surface area contributed by atoms with Gasteiger partial charge in [-0.15, -0.1) is 0 Å². The maximum atomic E-state index is 12.7. The number of carbonyl (C=O) groups is 2. The van der Waals surface area contributed by atoms with Gasteiger partial charge in [0.25, 0.3) is 0 Å². The van der Waals surface area contributed by atoms with E-state index < -0.39 is 0 Å². The maximum Gasteiger partial charge on any atom is 0.241 e. The molecule has 3 aliphatic rings. The van der Waals surface area contributed by atoms with Crippen LogP contribution in [0.5, 0.6) is 0 Å². The fourth-order valence-electron chi connectivity index (χ4n) is 4.08. The molecule has 3 aliphatic heterocycles. The molecule has 2 amide bonds. The normalized spacial score (nSPS) is 31.4. The first kappa shape index (κ1) is 16.1. The fraction of sp³-hybridized carbons (Fsp3) is 0.647. The van der Waals surface area contributed by atoms with Gasteiger partial charge in [0.05, 0.1) is 30.3 Å². The van der Waals surface area contributed by atoms with Crippen LogP contribution in [0.1, 0.15) is 12.8 Å². The Bertz CT molecular complexity index is 629. The van der Waals surface area contributed by atoms with Gasteiger partial charge in [0.15, 0.2) is 0 Å². The number of hydrogen-bond donors (Lipinski definition) is 0. The molecule has 6 nitrogen and oxygen atoms in total. The number of ether oxygens (including phenoxy) is 1. The van der Waals surface area contributed by atoms with E-state index in [-0.39, 0.29) is 23.3 Å². The highest BCUT2D eigenvalue weighted by atomic mass is 32.1. The monoisotopic (exact) mass is 349 g/mol. The van der Waals surface area contributed by atoms with Crippen molar-refractivity contribution in [2.45, 2.75) is 18.4 Å². The zero-order chi connectivity index (χ0) is 16.7. The number of piperazine rings is 1. The zero-order valence-corrected chi connectivity index (χ0v) is 14.8. The molecule has 24 heavy (non-hydrogen) atoms. The number of hydrogen-bond acceptors (Lipinski definition) is 5. The van der Waals surface area contributed by atoms with Gasteiger partial charge in [0, 0.05) is 31.6 Å². The van der Waals surface area contributed by atoms with Crippen molar-refractivity contribution in [3.8, 4) is 0 Å². The summed E-state index contributed by atoms with van der Waals surface area (Å²) < 4.78 is 5.37. The third-order valence-electron chi connectivity index (χ3n) is 5.68. The van der Waals surface area contributed by atoms with Crippen LogP contribution in [-0.2, 0) is 14.3 Å². The average Bonchev–Trinajstić information content (AvgIpc) is 3.32. The molecule has 2 atom stereocenters. The third-order valence-corrected chi connectivity index (χ3v) is 6.35. The van der Waals surface area contributed by atoms with Gasteiger partial charge in [-0.05, 0) is 31.3 Å². The lowest BCUT2D eigenvalue weighted by atomic mass is 9.92. The van der Waals surface area contributed by atoms with E-state index in [0.717, 1.165) is 25.1 Å². The summed E-state index contributed by atoms with van der Waals surface area (Å²) in [6, 6.07) is 2.00. The Balaban J connectivity index is 1.51. The Morgan fingerprint density at radius 1 is 1.42 bits per heavy atom. The van der Waals surface area contributed by atoms with Crippen molar-refractivity contribution in [3.63, 3.8) is 0 Å². The molecule has 0 radical (unpaired) electrons. The number of likely N-dealkylation sites (N-methyl/N-ethyl adjacent to an activating group) is 1. The number of carbonyl (C=O) groups excluding carboxylic acids is 2. The van der Waals surface area contributed by atoms with E-state index in [0.29, 0.717) is 32.8 Å². The minimum absolute atomic E-state index is 0.0173. The summed E-state index contributed by atoms with van der Waals surface area (Å²) in [5.41, 5.74) is 0.844. The zero-order valence-electron chi connectivity index (χ0n) is 13.9. The van der Waals surface area contributed by atoms with E-state index in [1.165, 1.54) is 0 Å². The molecule has 3 fully saturated rings. The van der Waals surface area contributed by atoms with E-state index in [1.807, 2.05) is 33.7 Å². The topological polar surface area (TPSA) is 53.1 Å². The Hall–Kier alpha value is -1.44. The molecule has 0 bridgehead atoms. The van der Waals surface area contributed by atoms with Gasteiger partial charge in [-0.1, -0.05) is 0 Å². The maximum absolute atomic E-state index is 12.7. The Morgan fingerprint density at radius 3 is 3.00 bits per heavy atom. The summed E-state index contributed by atoms with van der Waals surface area (Å²) in [6.45, 7) is 3.78. The summed E-state index contributed by atoms with van der Waals surface area (Å²) in [5, 5.41) is 4.02. The number of nitrogens with zero attached hydrogens (tertiary/aromatic N) is 3. The Morgan fingerprint density at radius 2 is 2.29 bits per heavy atom. The van der Waals surface area contributed by atoms with Gasteiger partial charge in [-0.3, -0.25) is 14.5 Å². The highest BCUT2D eigenvalue weighted by Crippen LogP contribution is 2.35. The molecule has 3 saturated heterocycles. The van der Waals surface area contributed by atoms with Crippen LogP contribution >= 0.6 is 11.3 Å². The molecule has 4 heterocycles. The SMILES string of the molecule is CN1CC(=O)N(c2ccsc2)CC12CCN(C(=O)C1CCOC1)C2. The molecule has 7 heteroatoms. The molecule has 1 spiro atoms. The van der Waals surface area contributed by atoms with E-state index in [4.69, 9.17) is 4.74 Å². The molecule has 2 unspecified atom stereocenters. The van der Waals surface area contributed by atoms with E-state index in [9.17, 15) is 9.59 Å². The quantitative estimate of drug-likeness (QED) is 0.800. The lowest BCUT2D eigenvalue weighted by Gasteiger charge is -2.46. The largest absolute Gasteiger partial charge is 0.381 e. The second kappa shape index (κ2) is 6.13. The molecular weight excluding hydrogens is 326 g/mol.